The summed E-state index contributed by atoms with van der Waals surface area (Å²) in [6.45, 7) is 8.64. The van der Waals surface area contributed by atoms with Gasteiger partial charge < -0.3 is 20.7 Å². The van der Waals surface area contributed by atoms with E-state index in [9.17, 15) is 8.42 Å². The molecule has 8 nitrogen and oxygen atoms in total. The molecule has 1 aromatic heterocycles. The molecule has 1 fully saturated rings. The van der Waals surface area contributed by atoms with Crippen molar-refractivity contribution in [2.45, 2.75) is 79.7 Å². The fraction of sp³-hybridized carbons (Fsp3) is 0.429. The van der Waals surface area contributed by atoms with Crippen molar-refractivity contribution in [1.29, 1.82) is 0 Å². The summed E-state index contributed by atoms with van der Waals surface area (Å²) in [7, 11) is 26.9. The van der Waals surface area contributed by atoms with E-state index < -0.39 is 25.2 Å². The summed E-state index contributed by atoms with van der Waals surface area (Å²) in [6, 6.07) is 10.2. The van der Waals surface area contributed by atoms with Gasteiger partial charge in [0.1, 0.15) is 10.8 Å². The highest BCUT2D eigenvalue weighted by molar-refractivity contribution is 7.94. The minimum Gasteiger partial charge on any atom is -0.489 e. The topological polar surface area (TPSA) is 105 Å². The lowest BCUT2D eigenvalue weighted by molar-refractivity contribution is 0.243. The van der Waals surface area contributed by atoms with Gasteiger partial charge in [0.25, 0.3) is 0 Å². The molecule has 1 aliphatic rings. The molecule has 1 saturated heterocycles. The highest BCUT2D eigenvalue weighted by Gasteiger charge is 2.37. The largest absolute Gasteiger partial charge is 0.489 e. The van der Waals surface area contributed by atoms with E-state index in [1.807, 2.05) is 32.9 Å². The molecule has 10 radical (unpaired) electrons. The first-order valence-corrected chi connectivity index (χ1v) is 15.6. The van der Waals surface area contributed by atoms with Crippen molar-refractivity contribution in [2.75, 3.05) is 10.6 Å². The molecular weight excluding hydrogens is 576 g/mol. The van der Waals surface area contributed by atoms with Crippen LogP contribution >= 0.6 is 11.6 Å². The molecule has 3 N–H and O–H groups in total. The van der Waals surface area contributed by atoms with Crippen LogP contribution in [0.15, 0.2) is 47.5 Å². The monoisotopic (exact) mass is 607 g/mol. The number of aryl methyl sites for hydroxylation is 1. The fourth-order valence-corrected chi connectivity index (χ4v) is 6.46. The molecule has 2 aromatic carbocycles. The van der Waals surface area contributed by atoms with Gasteiger partial charge in [0.05, 0.1) is 67.8 Å². The standard InChI is InChI=1S/C28H31B5ClN5O3S/c1-15(2)42-22-11-18(17-12-27(30,31)39-28(32,33)13-17)16(3)10-21(22)37-25-35-14-19(34)24(38-25)36-20-8-6-7-9-23(20)43(40,41)26(4,5)29/h6-11,14-15,17,39H,12-13H2,1-5H3,(H2,35,36,37,38). The van der Waals surface area contributed by atoms with E-state index in [0.29, 0.717) is 24.3 Å². The van der Waals surface area contributed by atoms with Crippen LogP contribution in [0.25, 0.3) is 0 Å². The number of aromatic nitrogens is 2. The van der Waals surface area contributed by atoms with Crippen LogP contribution in [0.1, 0.15) is 57.6 Å². The normalized spacial score (nSPS) is 17.0. The minimum atomic E-state index is -3.89. The summed E-state index contributed by atoms with van der Waals surface area (Å²) in [6.07, 6.45) is 2.08. The van der Waals surface area contributed by atoms with Crippen LogP contribution < -0.4 is 20.7 Å². The molecule has 0 unspecified atom stereocenters. The Morgan fingerprint density at radius 2 is 1.70 bits per heavy atom. The van der Waals surface area contributed by atoms with Gasteiger partial charge in [-0.1, -0.05) is 48.3 Å². The predicted molar refractivity (Wildman–Crippen MR) is 178 cm³/mol. The van der Waals surface area contributed by atoms with Gasteiger partial charge in [-0.2, -0.15) is 4.98 Å². The van der Waals surface area contributed by atoms with Crippen molar-refractivity contribution in [3.05, 3.63) is 58.7 Å². The van der Waals surface area contributed by atoms with Gasteiger partial charge in [-0.25, -0.2) is 13.4 Å². The van der Waals surface area contributed by atoms with Gasteiger partial charge in [0, 0.05) is 4.65 Å². The van der Waals surface area contributed by atoms with Crippen LogP contribution in [0.5, 0.6) is 5.75 Å². The van der Waals surface area contributed by atoms with Crippen molar-refractivity contribution >= 4 is 83.8 Å². The number of anilines is 4. The first kappa shape index (κ1) is 33.3. The maximum Gasteiger partial charge on any atom is 0.229 e. The van der Waals surface area contributed by atoms with Gasteiger partial charge >= 0.3 is 0 Å². The quantitative estimate of drug-likeness (QED) is 0.316. The number of rotatable bonds is 9. The Kier molecular flexibility index (Phi) is 9.37. The molecule has 0 saturated carbocycles. The van der Waals surface area contributed by atoms with Crippen molar-refractivity contribution in [1.82, 2.24) is 15.3 Å². The third-order valence-corrected chi connectivity index (χ3v) is 9.51. The van der Waals surface area contributed by atoms with Crippen LogP contribution in [0.3, 0.4) is 0 Å². The van der Waals surface area contributed by atoms with Gasteiger partial charge in [-0.15, -0.1) is 0 Å². The molecule has 2 heterocycles. The zero-order chi connectivity index (χ0) is 32.0. The molecule has 0 aliphatic carbocycles. The van der Waals surface area contributed by atoms with Crippen LogP contribution in [0, 0.1) is 6.92 Å². The lowest BCUT2D eigenvalue weighted by Gasteiger charge is -2.49. The van der Waals surface area contributed by atoms with Crippen LogP contribution in [0.2, 0.25) is 5.02 Å². The molecule has 0 bridgehead atoms. The summed E-state index contributed by atoms with van der Waals surface area (Å²) in [4.78, 5) is 8.87. The predicted octanol–water partition coefficient (Wildman–Crippen LogP) is 3.84. The Hall–Kier alpha value is -2.56. The molecular formula is C28H31B5ClN5O3S. The second-order valence-electron chi connectivity index (χ2n) is 11.9. The Morgan fingerprint density at radius 1 is 1.07 bits per heavy atom. The van der Waals surface area contributed by atoms with Crippen molar-refractivity contribution in [3.63, 3.8) is 0 Å². The molecule has 15 heteroatoms. The van der Waals surface area contributed by atoms with Gasteiger partial charge in [-0.3, -0.25) is 0 Å². The number of benzene rings is 2. The van der Waals surface area contributed by atoms with E-state index in [-0.39, 0.29) is 39.4 Å². The zero-order valence-electron chi connectivity index (χ0n) is 24.9. The maximum atomic E-state index is 13.1. The molecule has 0 spiro atoms. The smallest absolute Gasteiger partial charge is 0.229 e. The van der Waals surface area contributed by atoms with Crippen molar-refractivity contribution < 1.29 is 13.2 Å². The second kappa shape index (κ2) is 12.1. The Bertz CT molecular complexity index is 1600. The summed E-state index contributed by atoms with van der Waals surface area (Å²) in [5.74, 6) is 0.797. The number of para-hydroxylation sites is 1. The van der Waals surface area contributed by atoms with E-state index >= 15 is 0 Å². The number of nitrogens with one attached hydrogen (secondary N) is 3. The number of halogens is 1. The van der Waals surface area contributed by atoms with Crippen LogP contribution in [-0.4, -0.2) is 79.0 Å². The van der Waals surface area contributed by atoms with Crippen LogP contribution in [-0.2, 0) is 9.84 Å². The Balaban J connectivity index is 1.69. The fourth-order valence-electron chi connectivity index (χ4n) is 5.09. The molecule has 1 aliphatic heterocycles. The maximum absolute atomic E-state index is 13.1. The zero-order valence-corrected chi connectivity index (χ0v) is 26.5. The van der Waals surface area contributed by atoms with Gasteiger partial charge in [0.2, 0.25) is 5.95 Å². The number of hydrogen-bond donors (Lipinski definition) is 3. The van der Waals surface area contributed by atoms with Gasteiger partial charge in [0.15, 0.2) is 15.7 Å². The average molecular weight is 607 g/mol. The number of hydrogen-bond acceptors (Lipinski definition) is 8. The summed E-state index contributed by atoms with van der Waals surface area (Å²) < 4.78 is 30.9. The summed E-state index contributed by atoms with van der Waals surface area (Å²) in [5, 5.41) is 6.81. The highest BCUT2D eigenvalue weighted by Crippen LogP contribution is 2.41. The highest BCUT2D eigenvalue weighted by atomic mass is 35.5. The molecule has 43 heavy (non-hydrogen) atoms. The number of sulfone groups is 1. The third kappa shape index (κ3) is 7.76. The van der Waals surface area contributed by atoms with Crippen molar-refractivity contribution in [2.24, 2.45) is 0 Å². The lowest BCUT2D eigenvalue weighted by atomic mass is 9.46. The average Bonchev–Trinajstić information content (AvgIpc) is 2.85. The van der Waals surface area contributed by atoms with E-state index in [2.05, 4.69) is 25.9 Å². The van der Waals surface area contributed by atoms with E-state index in [0.717, 1.165) is 11.1 Å². The SMILES string of the molecule is [B]C1([B])CC(c2cc(OC(C)C)c(Nc3ncc(Cl)c(Nc4ccccc4S(=O)(=O)C([B])(C)C)n3)cc2C)CC([B])([B])N1. The summed E-state index contributed by atoms with van der Waals surface area (Å²) in [5.41, 5.74) is 2.74. The molecule has 0 amide bonds. The molecule has 4 rings (SSSR count). The second-order valence-corrected chi connectivity index (χ2v) is 14.8. The molecule has 3 aromatic rings. The van der Waals surface area contributed by atoms with Crippen LogP contribution in [0.4, 0.5) is 23.1 Å². The number of ether oxygens (including phenoxy) is 1. The third-order valence-electron chi connectivity index (χ3n) is 6.92. The Labute approximate surface area is 266 Å². The van der Waals surface area contributed by atoms with E-state index in [1.165, 1.54) is 26.1 Å². The number of piperidine rings is 1. The van der Waals surface area contributed by atoms with Crippen molar-refractivity contribution in [3.8, 4) is 5.75 Å². The van der Waals surface area contributed by atoms with Gasteiger partial charge in [-0.05, 0) is 74.9 Å². The minimum absolute atomic E-state index is 0.0152. The molecule has 214 valence electrons. The van der Waals surface area contributed by atoms with E-state index in [1.54, 1.807) is 18.2 Å². The first-order chi connectivity index (χ1) is 19.8. The number of nitrogens with zero attached hydrogens (tertiary/aromatic N) is 2. The van der Waals surface area contributed by atoms with E-state index in [4.69, 9.17) is 55.6 Å². The summed E-state index contributed by atoms with van der Waals surface area (Å²) >= 11 is 6.42. The lowest BCUT2D eigenvalue weighted by Crippen LogP contribution is -2.64. The molecule has 0 atom stereocenters. The Morgan fingerprint density at radius 3 is 2.30 bits per heavy atom. The first-order valence-electron chi connectivity index (χ1n) is 13.7.